The minimum atomic E-state index is -4.68. The van der Waals surface area contributed by atoms with Crippen LogP contribution in [0.4, 0.5) is 13.2 Å². The van der Waals surface area contributed by atoms with E-state index in [2.05, 4.69) is 23.0 Å². The Morgan fingerprint density at radius 3 is 2.59 bits per heavy atom. The quantitative estimate of drug-likeness (QED) is 0.832. The van der Waals surface area contributed by atoms with E-state index >= 15 is 0 Å². The first-order valence-electron chi connectivity index (χ1n) is 4.47. The Morgan fingerprint density at radius 1 is 1.59 bits per heavy atom. The summed E-state index contributed by atoms with van der Waals surface area (Å²) in [5.74, 6) is -0.345. The predicted octanol–water partition coefficient (Wildman–Crippen LogP) is 1.75. The van der Waals surface area contributed by atoms with E-state index in [9.17, 15) is 18.0 Å². The fraction of sp³-hybridized carbons (Fsp3) is 0.500. The topological polar surface area (TPSA) is 46.9 Å². The van der Waals surface area contributed by atoms with Gasteiger partial charge in [-0.15, -0.1) is 0 Å². The maximum absolute atomic E-state index is 12.5. The lowest BCUT2D eigenvalue weighted by Gasteiger charge is -2.04. The molecule has 0 aliphatic rings. The van der Waals surface area contributed by atoms with E-state index in [1.807, 2.05) is 0 Å². The standard InChI is InChI=1S/C8H9ClF3N3OS/c1-15-5(7(16)13-2-3-17)4(9)6(14-15)8(10,11)12/h17H,2-3H2,1H3,(H,13,16). The van der Waals surface area contributed by atoms with E-state index in [-0.39, 0.29) is 12.2 Å². The Morgan fingerprint density at radius 2 is 2.18 bits per heavy atom. The van der Waals surface area contributed by atoms with Gasteiger partial charge in [0.15, 0.2) is 5.69 Å². The molecular formula is C8H9ClF3N3OS. The molecule has 0 radical (unpaired) electrons. The van der Waals surface area contributed by atoms with Crippen LogP contribution in [0.1, 0.15) is 16.2 Å². The molecule has 0 spiro atoms. The van der Waals surface area contributed by atoms with Gasteiger partial charge in [-0.2, -0.15) is 30.9 Å². The molecule has 1 heterocycles. The molecule has 0 saturated carbocycles. The second-order valence-corrected chi connectivity index (χ2v) is 3.94. The van der Waals surface area contributed by atoms with Crippen LogP contribution in [0.3, 0.4) is 0 Å². The molecular weight excluding hydrogens is 279 g/mol. The van der Waals surface area contributed by atoms with Gasteiger partial charge in [0.05, 0.1) is 0 Å². The summed E-state index contributed by atoms with van der Waals surface area (Å²) in [7, 11) is 1.22. The molecule has 9 heteroatoms. The van der Waals surface area contributed by atoms with Crippen molar-refractivity contribution in [2.24, 2.45) is 7.05 Å². The summed E-state index contributed by atoms with van der Waals surface area (Å²) in [5.41, 5.74) is -1.58. The largest absolute Gasteiger partial charge is 0.436 e. The monoisotopic (exact) mass is 287 g/mol. The number of hydrogen-bond donors (Lipinski definition) is 2. The molecule has 1 N–H and O–H groups in total. The van der Waals surface area contributed by atoms with Gasteiger partial charge in [-0.25, -0.2) is 0 Å². The van der Waals surface area contributed by atoms with Crippen LogP contribution in [0.5, 0.6) is 0 Å². The Hall–Kier alpha value is -0.890. The van der Waals surface area contributed by atoms with E-state index in [0.29, 0.717) is 5.75 Å². The average Bonchev–Trinajstić information content (AvgIpc) is 2.50. The van der Waals surface area contributed by atoms with Gasteiger partial charge in [0.2, 0.25) is 0 Å². The van der Waals surface area contributed by atoms with Crippen LogP contribution < -0.4 is 5.32 Å². The van der Waals surface area contributed by atoms with Crippen LogP contribution in [-0.4, -0.2) is 28.0 Å². The summed E-state index contributed by atoms with van der Waals surface area (Å²) >= 11 is 9.37. The van der Waals surface area contributed by atoms with Crippen molar-refractivity contribution in [3.8, 4) is 0 Å². The third-order valence-corrected chi connectivity index (χ3v) is 2.45. The minimum absolute atomic E-state index is 0.227. The minimum Gasteiger partial charge on any atom is -0.350 e. The van der Waals surface area contributed by atoms with E-state index < -0.39 is 22.8 Å². The number of nitrogens with zero attached hydrogens (tertiary/aromatic N) is 2. The van der Waals surface area contributed by atoms with Gasteiger partial charge in [-0.1, -0.05) is 11.6 Å². The summed E-state index contributed by atoms with van der Waals surface area (Å²) in [6, 6.07) is 0. The van der Waals surface area contributed by atoms with Crippen molar-refractivity contribution in [1.29, 1.82) is 0 Å². The molecule has 1 aromatic rings. The number of carbonyl (C=O) groups is 1. The van der Waals surface area contributed by atoms with Gasteiger partial charge < -0.3 is 5.32 Å². The molecule has 96 valence electrons. The summed E-state index contributed by atoms with van der Waals surface area (Å²) < 4.78 is 38.2. The Balaban J connectivity index is 3.10. The third-order valence-electron chi connectivity index (χ3n) is 1.87. The van der Waals surface area contributed by atoms with Crippen LogP contribution in [0.2, 0.25) is 5.02 Å². The van der Waals surface area contributed by atoms with Crippen LogP contribution in [0.25, 0.3) is 0 Å². The summed E-state index contributed by atoms with van der Waals surface area (Å²) in [5, 5.41) is 4.86. The van der Waals surface area contributed by atoms with Crippen LogP contribution >= 0.6 is 24.2 Å². The number of nitrogens with one attached hydrogen (secondary N) is 1. The lowest BCUT2D eigenvalue weighted by atomic mass is 10.3. The number of aromatic nitrogens is 2. The Kier molecular flexibility index (Phi) is 4.31. The van der Waals surface area contributed by atoms with Crippen molar-refractivity contribution in [2.45, 2.75) is 6.18 Å². The number of thiol groups is 1. The number of rotatable bonds is 3. The van der Waals surface area contributed by atoms with E-state index in [1.54, 1.807) is 0 Å². The average molecular weight is 288 g/mol. The highest BCUT2D eigenvalue weighted by molar-refractivity contribution is 7.80. The lowest BCUT2D eigenvalue weighted by Crippen LogP contribution is -2.27. The smallest absolute Gasteiger partial charge is 0.350 e. The lowest BCUT2D eigenvalue weighted by molar-refractivity contribution is -0.141. The van der Waals surface area contributed by atoms with Crippen molar-refractivity contribution in [3.63, 3.8) is 0 Å². The van der Waals surface area contributed by atoms with Crippen LogP contribution in [0, 0.1) is 0 Å². The summed E-state index contributed by atoms with van der Waals surface area (Å²) in [6.45, 7) is 0.227. The molecule has 0 atom stereocenters. The number of aryl methyl sites for hydroxylation is 1. The molecule has 0 fully saturated rings. The fourth-order valence-corrected chi connectivity index (χ4v) is 1.64. The molecule has 0 bridgehead atoms. The van der Waals surface area contributed by atoms with Crippen LogP contribution in [0.15, 0.2) is 0 Å². The highest BCUT2D eigenvalue weighted by atomic mass is 35.5. The van der Waals surface area contributed by atoms with Crippen molar-refractivity contribution in [2.75, 3.05) is 12.3 Å². The number of halogens is 4. The first kappa shape index (κ1) is 14.2. The molecule has 1 rings (SSSR count). The van der Waals surface area contributed by atoms with Crippen LogP contribution in [-0.2, 0) is 13.2 Å². The van der Waals surface area contributed by atoms with Crippen molar-refractivity contribution < 1.29 is 18.0 Å². The molecule has 0 saturated heterocycles. The number of alkyl halides is 3. The van der Waals surface area contributed by atoms with Crippen molar-refractivity contribution in [1.82, 2.24) is 15.1 Å². The molecule has 0 aromatic carbocycles. The molecule has 4 nitrogen and oxygen atoms in total. The number of hydrogen-bond acceptors (Lipinski definition) is 3. The SMILES string of the molecule is Cn1nc(C(F)(F)F)c(Cl)c1C(=O)NCCS. The van der Waals surface area contributed by atoms with Gasteiger partial charge in [0, 0.05) is 19.3 Å². The molecule has 0 unspecified atom stereocenters. The van der Waals surface area contributed by atoms with Gasteiger partial charge >= 0.3 is 6.18 Å². The highest BCUT2D eigenvalue weighted by Gasteiger charge is 2.39. The predicted molar refractivity (Wildman–Crippen MR) is 59.4 cm³/mol. The number of carbonyl (C=O) groups excluding carboxylic acids is 1. The van der Waals surface area contributed by atoms with Gasteiger partial charge in [0.1, 0.15) is 10.7 Å². The highest BCUT2D eigenvalue weighted by Crippen LogP contribution is 2.35. The van der Waals surface area contributed by atoms with E-state index in [4.69, 9.17) is 11.6 Å². The zero-order chi connectivity index (χ0) is 13.2. The molecule has 1 aromatic heterocycles. The van der Waals surface area contributed by atoms with Gasteiger partial charge in [0.25, 0.3) is 5.91 Å². The third kappa shape index (κ3) is 3.06. The van der Waals surface area contributed by atoms with E-state index in [1.165, 1.54) is 7.05 Å². The number of amides is 1. The van der Waals surface area contributed by atoms with E-state index in [0.717, 1.165) is 4.68 Å². The Bertz CT molecular complexity index is 432. The first-order chi connectivity index (χ1) is 7.79. The Labute approximate surface area is 106 Å². The molecule has 1 amide bonds. The summed E-state index contributed by atoms with van der Waals surface area (Å²) in [4.78, 5) is 11.5. The zero-order valence-electron chi connectivity index (χ0n) is 8.68. The second kappa shape index (κ2) is 5.18. The first-order valence-corrected chi connectivity index (χ1v) is 5.48. The zero-order valence-corrected chi connectivity index (χ0v) is 10.3. The molecule has 0 aliphatic heterocycles. The van der Waals surface area contributed by atoms with Gasteiger partial charge in [-0.05, 0) is 0 Å². The maximum atomic E-state index is 12.5. The maximum Gasteiger partial charge on any atom is 0.436 e. The van der Waals surface area contributed by atoms with Crippen molar-refractivity contribution in [3.05, 3.63) is 16.4 Å². The normalized spacial score (nSPS) is 11.6. The fourth-order valence-electron chi connectivity index (χ4n) is 1.18. The summed E-state index contributed by atoms with van der Waals surface area (Å²) in [6.07, 6.45) is -4.68. The molecule has 17 heavy (non-hydrogen) atoms. The molecule has 0 aliphatic carbocycles. The van der Waals surface area contributed by atoms with Crippen molar-refractivity contribution >= 4 is 30.1 Å². The second-order valence-electron chi connectivity index (χ2n) is 3.11. The van der Waals surface area contributed by atoms with Gasteiger partial charge in [-0.3, -0.25) is 9.48 Å².